The maximum absolute atomic E-state index is 12.9. The molecule has 6 nitrogen and oxygen atoms in total. The number of carbonyl (C=O) groups is 1. The SMILES string of the molecule is COc1cccc(CNc2nc3cc(C(F)(F)F)ccc3nc2C(=O)O)c1. The topological polar surface area (TPSA) is 84.3 Å². The number of carboxylic acids is 1. The minimum atomic E-state index is -4.53. The van der Waals surface area contributed by atoms with Gasteiger partial charge in [0.15, 0.2) is 11.5 Å². The first-order valence-corrected chi connectivity index (χ1v) is 7.77. The van der Waals surface area contributed by atoms with Crippen LogP contribution in [0.5, 0.6) is 5.75 Å². The monoisotopic (exact) mass is 377 g/mol. The molecule has 9 heteroatoms. The van der Waals surface area contributed by atoms with Crippen molar-refractivity contribution in [2.45, 2.75) is 12.7 Å². The second-order valence-electron chi connectivity index (χ2n) is 5.63. The van der Waals surface area contributed by atoms with Crippen LogP contribution in [0.1, 0.15) is 21.6 Å². The van der Waals surface area contributed by atoms with E-state index in [0.29, 0.717) is 5.75 Å². The molecule has 0 unspecified atom stereocenters. The number of hydrogen-bond donors (Lipinski definition) is 2. The Balaban J connectivity index is 1.98. The fourth-order valence-corrected chi connectivity index (χ4v) is 2.47. The lowest BCUT2D eigenvalue weighted by atomic mass is 10.2. The Morgan fingerprint density at radius 1 is 1.15 bits per heavy atom. The molecule has 0 saturated heterocycles. The fourth-order valence-electron chi connectivity index (χ4n) is 2.47. The van der Waals surface area contributed by atoms with Gasteiger partial charge in [0.25, 0.3) is 0 Å². The van der Waals surface area contributed by atoms with Gasteiger partial charge in [-0.2, -0.15) is 13.2 Å². The third kappa shape index (κ3) is 4.08. The zero-order valence-electron chi connectivity index (χ0n) is 14.0. The van der Waals surface area contributed by atoms with Crippen molar-refractivity contribution in [3.8, 4) is 5.75 Å². The predicted molar refractivity (Wildman–Crippen MR) is 91.8 cm³/mol. The van der Waals surface area contributed by atoms with Crippen molar-refractivity contribution >= 4 is 22.8 Å². The molecule has 0 aliphatic rings. The zero-order chi connectivity index (χ0) is 19.6. The number of anilines is 1. The molecule has 140 valence electrons. The standard InChI is InChI=1S/C18H14F3N3O3/c1-27-12-4-2-3-10(7-12)9-22-16-15(17(25)26)23-13-6-5-11(18(19,20)21)8-14(13)24-16/h2-8H,9H2,1H3,(H,22,24)(H,25,26). The highest BCUT2D eigenvalue weighted by Gasteiger charge is 2.31. The first-order chi connectivity index (χ1) is 12.8. The Labute approximate surface area is 151 Å². The van der Waals surface area contributed by atoms with Gasteiger partial charge in [-0.1, -0.05) is 12.1 Å². The maximum Gasteiger partial charge on any atom is 0.416 e. The number of rotatable bonds is 5. The van der Waals surface area contributed by atoms with E-state index in [9.17, 15) is 23.1 Å². The summed E-state index contributed by atoms with van der Waals surface area (Å²) < 4.78 is 43.8. The van der Waals surface area contributed by atoms with E-state index in [4.69, 9.17) is 4.74 Å². The molecule has 3 rings (SSSR count). The van der Waals surface area contributed by atoms with Gasteiger partial charge in [0.05, 0.1) is 23.7 Å². The molecule has 0 atom stereocenters. The van der Waals surface area contributed by atoms with Crippen LogP contribution >= 0.6 is 0 Å². The first kappa shape index (κ1) is 18.4. The number of nitrogens with zero attached hydrogens (tertiary/aromatic N) is 2. The van der Waals surface area contributed by atoms with Crippen molar-refractivity contribution in [3.63, 3.8) is 0 Å². The second-order valence-corrected chi connectivity index (χ2v) is 5.63. The number of aromatic nitrogens is 2. The smallest absolute Gasteiger partial charge is 0.416 e. The number of carboxylic acid groups (broad SMARTS) is 1. The molecule has 0 radical (unpaired) electrons. The van der Waals surface area contributed by atoms with Gasteiger partial charge in [0.2, 0.25) is 0 Å². The Kier molecular flexibility index (Phi) is 4.85. The normalized spacial score (nSPS) is 11.4. The van der Waals surface area contributed by atoms with E-state index in [-0.39, 0.29) is 29.1 Å². The average Bonchev–Trinajstić information content (AvgIpc) is 2.64. The van der Waals surface area contributed by atoms with Crippen LogP contribution in [0, 0.1) is 0 Å². The van der Waals surface area contributed by atoms with Gasteiger partial charge >= 0.3 is 12.1 Å². The number of ether oxygens (including phenoxy) is 1. The van der Waals surface area contributed by atoms with Crippen LogP contribution in [0.25, 0.3) is 11.0 Å². The van der Waals surface area contributed by atoms with E-state index >= 15 is 0 Å². The fraction of sp³-hybridized carbons (Fsp3) is 0.167. The Bertz CT molecular complexity index is 1010. The Hall–Kier alpha value is -3.36. The highest BCUT2D eigenvalue weighted by atomic mass is 19.4. The molecule has 27 heavy (non-hydrogen) atoms. The summed E-state index contributed by atoms with van der Waals surface area (Å²) >= 11 is 0. The van der Waals surface area contributed by atoms with E-state index in [1.54, 1.807) is 24.3 Å². The van der Waals surface area contributed by atoms with Gasteiger partial charge in [-0.15, -0.1) is 0 Å². The minimum absolute atomic E-state index is 0.0528. The lowest BCUT2D eigenvalue weighted by Crippen LogP contribution is -2.12. The summed E-state index contributed by atoms with van der Waals surface area (Å²) in [6, 6.07) is 9.81. The number of halogens is 3. The average molecular weight is 377 g/mol. The molecular weight excluding hydrogens is 363 g/mol. The molecule has 0 aliphatic heterocycles. The summed E-state index contributed by atoms with van der Waals surface area (Å²) in [5.41, 5.74) is -0.469. The zero-order valence-corrected chi connectivity index (χ0v) is 14.0. The maximum atomic E-state index is 12.9. The molecular formula is C18H14F3N3O3. The van der Waals surface area contributed by atoms with Crippen LogP contribution in [0.15, 0.2) is 42.5 Å². The minimum Gasteiger partial charge on any atom is -0.497 e. The molecule has 2 N–H and O–H groups in total. The highest BCUT2D eigenvalue weighted by molar-refractivity contribution is 5.94. The number of alkyl halides is 3. The van der Waals surface area contributed by atoms with Crippen LogP contribution < -0.4 is 10.1 Å². The summed E-state index contributed by atoms with van der Waals surface area (Å²) in [5, 5.41) is 12.2. The Morgan fingerprint density at radius 2 is 1.93 bits per heavy atom. The molecule has 1 aromatic heterocycles. The third-order valence-electron chi connectivity index (χ3n) is 3.79. The van der Waals surface area contributed by atoms with E-state index in [0.717, 1.165) is 23.8 Å². The van der Waals surface area contributed by atoms with Crippen molar-refractivity contribution < 1.29 is 27.8 Å². The highest BCUT2D eigenvalue weighted by Crippen LogP contribution is 2.31. The predicted octanol–water partition coefficient (Wildman–Crippen LogP) is 3.97. The van der Waals surface area contributed by atoms with Gasteiger partial charge in [-0.05, 0) is 35.9 Å². The molecule has 0 amide bonds. The van der Waals surface area contributed by atoms with Crippen LogP contribution in [0.3, 0.4) is 0 Å². The van der Waals surface area contributed by atoms with Gasteiger partial charge in [0.1, 0.15) is 5.75 Å². The number of nitrogens with one attached hydrogen (secondary N) is 1. The molecule has 1 heterocycles. The number of methoxy groups -OCH3 is 1. The number of benzene rings is 2. The van der Waals surface area contributed by atoms with Crippen molar-refractivity contribution in [3.05, 3.63) is 59.3 Å². The van der Waals surface area contributed by atoms with Gasteiger partial charge < -0.3 is 15.2 Å². The third-order valence-corrected chi connectivity index (χ3v) is 3.79. The number of hydrogen-bond acceptors (Lipinski definition) is 5. The summed E-state index contributed by atoms with van der Waals surface area (Å²) in [4.78, 5) is 19.4. The summed E-state index contributed by atoms with van der Waals surface area (Å²) in [6.07, 6.45) is -4.53. The van der Waals surface area contributed by atoms with Gasteiger partial charge in [0, 0.05) is 6.54 Å². The first-order valence-electron chi connectivity index (χ1n) is 7.77. The summed E-state index contributed by atoms with van der Waals surface area (Å²) in [7, 11) is 1.52. The van der Waals surface area contributed by atoms with Crippen LogP contribution in [0.2, 0.25) is 0 Å². The summed E-state index contributed by atoms with van der Waals surface area (Å²) in [6.45, 7) is 0.191. The largest absolute Gasteiger partial charge is 0.497 e. The quantitative estimate of drug-likeness (QED) is 0.700. The van der Waals surface area contributed by atoms with Gasteiger partial charge in [-0.25, -0.2) is 14.8 Å². The van der Waals surface area contributed by atoms with Crippen molar-refractivity contribution in [1.29, 1.82) is 0 Å². The van der Waals surface area contributed by atoms with Crippen LogP contribution in [-0.4, -0.2) is 28.2 Å². The summed E-state index contributed by atoms with van der Waals surface area (Å²) in [5.74, 6) is -0.832. The molecule has 0 fully saturated rings. The lowest BCUT2D eigenvalue weighted by Gasteiger charge is -2.12. The van der Waals surface area contributed by atoms with E-state index in [1.165, 1.54) is 7.11 Å². The molecule has 0 saturated carbocycles. The van der Waals surface area contributed by atoms with Crippen molar-refractivity contribution in [2.75, 3.05) is 12.4 Å². The van der Waals surface area contributed by atoms with E-state index < -0.39 is 17.7 Å². The van der Waals surface area contributed by atoms with E-state index in [2.05, 4.69) is 15.3 Å². The number of fused-ring (bicyclic) bond motifs is 1. The second kappa shape index (κ2) is 7.10. The molecule has 3 aromatic rings. The number of aromatic carboxylic acids is 1. The lowest BCUT2D eigenvalue weighted by molar-refractivity contribution is -0.137. The van der Waals surface area contributed by atoms with Crippen LogP contribution in [0.4, 0.5) is 19.0 Å². The van der Waals surface area contributed by atoms with Crippen LogP contribution in [-0.2, 0) is 12.7 Å². The van der Waals surface area contributed by atoms with E-state index in [1.807, 2.05) is 0 Å². The van der Waals surface area contributed by atoms with Gasteiger partial charge in [-0.3, -0.25) is 0 Å². The Morgan fingerprint density at radius 3 is 2.59 bits per heavy atom. The van der Waals surface area contributed by atoms with Crippen molar-refractivity contribution in [2.24, 2.45) is 0 Å². The molecule has 0 bridgehead atoms. The molecule has 0 aliphatic carbocycles. The molecule has 2 aromatic carbocycles. The van der Waals surface area contributed by atoms with Crippen molar-refractivity contribution in [1.82, 2.24) is 9.97 Å². The molecule has 0 spiro atoms.